The topological polar surface area (TPSA) is 74.8 Å². The fourth-order valence-corrected chi connectivity index (χ4v) is 7.55. The van der Waals surface area contributed by atoms with Gasteiger partial charge in [0.05, 0.1) is 9.79 Å². The molecule has 0 saturated carbocycles. The van der Waals surface area contributed by atoms with E-state index in [-0.39, 0.29) is 29.4 Å². The first-order valence-corrected chi connectivity index (χ1v) is 12.6. The Bertz CT molecular complexity index is 1150. The van der Waals surface area contributed by atoms with E-state index >= 15 is 0 Å². The first-order valence-electron chi connectivity index (χ1n) is 8.99. The number of sulfonamides is 2. The molecule has 1 heterocycles. The number of halogens is 2. The van der Waals surface area contributed by atoms with E-state index in [0.717, 1.165) is 0 Å². The molecular weight excluding hydrogens is 455 g/mol. The molecule has 0 aromatic heterocycles. The van der Waals surface area contributed by atoms with Crippen LogP contribution in [0, 0.1) is 13.8 Å². The summed E-state index contributed by atoms with van der Waals surface area (Å²) in [5, 5.41) is 0.666. The average molecular weight is 477 g/mol. The molecule has 0 amide bonds. The van der Waals surface area contributed by atoms with Gasteiger partial charge in [0.2, 0.25) is 20.0 Å². The SMILES string of the molecule is Cc1ccc(Cl)cc1S(=O)(=O)N1CCN(S(=O)(=O)c2cc(Cl)ccc2C)C(C)C1. The number of aryl methyl sites for hydroxylation is 2. The molecular formula is C19H22Cl2N2O4S2. The number of hydrogen-bond acceptors (Lipinski definition) is 4. The summed E-state index contributed by atoms with van der Waals surface area (Å²) in [7, 11) is -7.60. The van der Waals surface area contributed by atoms with Crippen molar-refractivity contribution in [3.63, 3.8) is 0 Å². The van der Waals surface area contributed by atoms with Gasteiger partial charge >= 0.3 is 0 Å². The van der Waals surface area contributed by atoms with E-state index in [1.165, 1.54) is 20.7 Å². The van der Waals surface area contributed by atoms with E-state index in [4.69, 9.17) is 23.2 Å². The van der Waals surface area contributed by atoms with Gasteiger partial charge in [-0.1, -0.05) is 35.3 Å². The lowest BCUT2D eigenvalue weighted by Crippen LogP contribution is -2.55. The van der Waals surface area contributed by atoms with Crippen molar-refractivity contribution in [3.8, 4) is 0 Å². The van der Waals surface area contributed by atoms with E-state index in [0.29, 0.717) is 21.2 Å². The number of nitrogens with zero attached hydrogens (tertiary/aromatic N) is 2. The maximum Gasteiger partial charge on any atom is 0.243 e. The third-order valence-electron chi connectivity index (χ3n) is 5.03. The molecule has 0 bridgehead atoms. The van der Waals surface area contributed by atoms with Crippen LogP contribution in [0.4, 0.5) is 0 Å². The Morgan fingerprint density at radius 3 is 1.79 bits per heavy atom. The van der Waals surface area contributed by atoms with Gasteiger partial charge in [0, 0.05) is 35.7 Å². The van der Waals surface area contributed by atoms with Crippen LogP contribution >= 0.6 is 23.2 Å². The number of hydrogen-bond donors (Lipinski definition) is 0. The normalized spacial score (nSPS) is 19.4. The van der Waals surface area contributed by atoms with Gasteiger partial charge in [-0.2, -0.15) is 8.61 Å². The largest absolute Gasteiger partial charge is 0.243 e. The summed E-state index contributed by atoms with van der Waals surface area (Å²) in [5.74, 6) is 0. The molecule has 158 valence electrons. The van der Waals surface area contributed by atoms with Crippen LogP contribution in [0.3, 0.4) is 0 Å². The Balaban J connectivity index is 1.89. The maximum atomic E-state index is 13.2. The first-order chi connectivity index (χ1) is 13.4. The van der Waals surface area contributed by atoms with Gasteiger partial charge in [0.25, 0.3) is 0 Å². The van der Waals surface area contributed by atoms with E-state index in [2.05, 4.69) is 0 Å². The highest BCUT2D eigenvalue weighted by Gasteiger charge is 2.39. The minimum atomic E-state index is -3.81. The van der Waals surface area contributed by atoms with Crippen molar-refractivity contribution < 1.29 is 16.8 Å². The van der Waals surface area contributed by atoms with Gasteiger partial charge in [-0.05, 0) is 56.2 Å². The lowest BCUT2D eigenvalue weighted by Gasteiger charge is -2.38. The van der Waals surface area contributed by atoms with Gasteiger partial charge < -0.3 is 0 Å². The van der Waals surface area contributed by atoms with E-state index in [1.54, 1.807) is 45.0 Å². The van der Waals surface area contributed by atoms with Crippen molar-refractivity contribution in [1.82, 2.24) is 8.61 Å². The second-order valence-corrected chi connectivity index (χ2v) is 11.8. The molecule has 6 nitrogen and oxygen atoms in total. The van der Waals surface area contributed by atoms with Gasteiger partial charge in [-0.3, -0.25) is 0 Å². The van der Waals surface area contributed by atoms with Crippen LogP contribution in [0.1, 0.15) is 18.1 Å². The molecule has 0 N–H and O–H groups in total. The third-order valence-corrected chi connectivity index (χ3v) is 9.67. The standard InChI is InChI=1S/C19H22Cl2N2O4S2/c1-13-4-6-16(20)10-18(13)28(24,25)22-8-9-23(15(3)12-22)29(26,27)19-11-17(21)7-5-14(19)2/h4-7,10-11,15H,8-9,12H2,1-3H3. The highest BCUT2D eigenvalue weighted by Crippen LogP contribution is 2.29. The number of benzene rings is 2. The fraction of sp³-hybridized carbons (Fsp3) is 0.368. The molecule has 2 aromatic rings. The molecule has 1 fully saturated rings. The smallest absolute Gasteiger partial charge is 0.207 e. The number of rotatable bonds is 4. The Labute approximate surface area is 182 Å². The second-order valence-electron chi connectivity index (χ2n) is 7.15. The molecule has 1 unspecified atom stereocenters. The summed E-state index contributed by atoms with van der Waals surface area (Å²) in [5.41, 5.74) is 1.18. The molecule has 1 aliphatic rings. The Morgan fingerprint density at radius 2 is 1.31 bits per heavy atom. The summed E-state index contributed by atoms with van der Waals surface area (Å²) < 4.78 is 55.2. The third kappa shape index (κ3) is 4.33. The van der Waals surface area contributed by atoms with Gasteiger partial charge in [-0.25, -0.2) is 16.8 Å². The molecule has 1 saturated heterocycles. The quantitative estimate of drug-likeness (QED) is 0.673. The minimum absolute atomic E-state index is 0.0487. The molecule has 3 rings (SSSR count). The van der Waals surface area contributed by atoms with Crippen LogP contribution in [0.25, 0.3) is 0 Å². The summed E-state index contributed by atoms with van der Waals surface area (Å²) in [6, 6.07) is 8.89. The van der Waals surface area contributed by atoms with Crippen molar-refractivity contribution in [2.24, 2.45) is 0 Å². The van der Waals surface area contributed by atoms with Crippen molar-refractivity contribution in [3.05, 3.63) is 57.6 Å². The van der Waals surface area contributed by atoms with Gasteiger partial charge in [0.1, 0.15) is 0 Å². The van der Waals surface area contributed by atoms with Crippen molar-refractivity contribution in [2.45, 2.75) is 36.6 Å². The zero-order valence-electron chi connectivity index (χ0n) is 16.3. The van der Waals surface area contributed by atoms with Crippen molar-refractivity contribution in [2.75, 3.05) is 19.6 Å². The average Bonchev–Trinajstić information content (AvgIpc) is 2.65. The zero-order chi connectivity index (χ0) is 21.6. The highest BCUT2D eigenvalue weighted by atomic mass is 35.5. The molecule has 0 spiro atoms. The monoisotopic (exact) mass is 476 g/mol. The Kier molecular flexibility index (Phi) is 6.34. The molecule has 10 heteroatoms. The number of piperazine rings is 1. The maximum absolute atomic E-state index is 13.2. The minimum Gasteiger partial charge on any atom is -0.207 e. The Hall–Kier alpha value is -1.16. The van der Waals surface area contributed by atoms with Crippen LogP contribution in [0.15, 0.2) is 46.2 Å². The lowest BCUT2D eigenvalue weighted by atomic mass is 10.2. The molecule has 29 heavy (non-hydrogen) atoms. The summed E-state index contributed by atoms with van der Waals surface area (Å²) in [6.45, 7) is 5.26. The van der Waals surface area contributed by atoms with Crippen LogP contribution < -0.4 is 0 Å². The van der Waals surface area contributed by atoms with Crippen LogP contribution in [0.5, 0.6) is 0 Å². The highest BCUT2D eigenvalue weighted by molar-refractivity contribution is 7.89. The van der Waals surface area contributed by atoms with Crippen LogP contribution in [-0.2, 0) is 20.0 Å². The Morgan fingerprint density at radius 1 is 0.828 bits per heavy atom. The van der Waals surface area contributed by atoms with Crippen molar-refractivity contribution in [1.29, 1.82) is 0 Å². The summed E-state index contributed by atoms with van der Waals surface area (Å²) in [4.78, 5) is 0.276. The summed E-state index contributed by atoms with van der Waals surface area (Å²) in [6.07, 6.45) is 0. The molecule has 1 atom stereocenters. The predicted molar refractivity (Wildman–Crippen MR) is 114 cm³/mol. The van der Waals surface area contributed by atoms with E-state index in [9.17, 15) is 16.8 Å². The van der Waals surface area contributed by atoms with E-state index in [1.807, 2.05) is 0 Å². The zero-order valence-corrected chi connectivity index (χ0v) is 19.4. The predicted octanol–water partition coefficient (Wildman–Crippen LogP) is 3.69. The van der Waals surface area contributed by atoms with Crippen molar-refractivity contribution >= 4 is 43.2 Å². The molecule has 0 radical (unpaired) electrons. The lowest BCUT2D eigenvalue weighted by molar-refractivity contribution is 0.212. The van der Waals surface area contributed by atoms with Gasteiger partial charge in [-0.15, -0.1) is 0 Å². The second kappa shape index (κ2) is 8.17. The summed E-state index contributed by atoms with van der Waals surface area (Å²) >= 11 is 12.0. The van der Waals surface area contributed by atoms with Gasteiger partial charge in [0.15, 0.2) is 0 Å². The molecule has 1 aliphatic heterocycles. The van der Waals surface area contributed by atoms with E-state index < -0.39 is 26.1 Å². The molecule has 2 aromatic carbocycles. The van der Waals surface area contributed by atoms with Crippen LogP contribution in [-0.4, -0.2) is 51.1 Å². The van der Waals surface area contributed by atoms with Crippen LogP contribution in [0.2, 0.25) is 10.0 Å². The molecule has 0 aliphatic carbocycles. The first kappa shape index (κ1) is 22.5. The fourth-order valence-electron chi connectivity index (χ4n) is 3.45.